The highest BCUT2D eigenvalue weighted by atomic mass is 16.5. The molecule has 3 rings (SSSR count). The first-order valence-electron chi connectivity index (χ1n) is 7.58. The molecule has 1 aliphatic rings. The third-order valence-electron chi connectivity index (χ3n) is 3.89. The quantitative estimate of drug-likeness (QED) is 0.901. The second kappa shape index (κ2) is 6.83. The molecule has 21 heavy (non-hydrogen) atoms. The molecule has 0 amide bonds. The molecule has 0 saturated carbocycles. The van der Waals surface area contributed by atoms with Crippen LogP contribution >= 0.6 is 0 Å². The van der Waals surface area contributed by atoms with Crippen molar-refractivity contribution in [1.82, 2.24) is 20.4 Å². The van der Waals surface area contributed by atoms with Crippen LogP contribution in [0.1, 0.15) is 17.3 Å². The van der Waals surface area contributed by atoms with E-state index in [4.69, 9.17) is 4.52 Å². The smallest absolute Gasteiger partial charge is 0.223 e. The highest BCUT2D eigenvalue weighted by Crippen LogP contribution is 2.08. The standard InChI is InChI=1S/C16H22N4O/c1-13-18-16(19-21-13)7-9-20-10-8-17-15(12-20)11-14-5-3-2-4-6-14/h2-6,15,17H,7-12H2,1H3. The highest BCUT2D eigenvalue weighted by molar-refractivity contribution is 5.16. The summed E-state index contributed by atoms with van der Waals surface area (Å²) in [6.07, 6.45) is 1.94. The van der Waals surface area contributed by atoms with Gasteiger partial charge in [-0.25, -0.2) is 0 Å². The van der Waals surface area contributed by atoms with E-state index in [1.165, 1.54) is 5.56 Å². The molecule has 1 fully saturated rings. The molecule has 5 nitrogen and oxygen atoms in total. The maximum Gasteiger partial charge on any atom is 0.223 e. The van der Waals surface area contributed by atoms with Crippen molar-refractivity contribution in [2.45, 2.75) is 25.8 Å². The molecule has 1 aromatic carbocycles. The summed E-state index contributed by atoms with van der Waals surface area (Å²) >= 11 is 0. The van der Waals surface area contributed by atoms with Crippen molar-refractivity contribution in [3.05, 3.63) is 47.6 Å². The van der Waals surface area contributed by atoms with Crippen LogP contribution in [0.25, 0.3) is 0 Å². The second-order valence-corrected chi connectivity index (χ2v) is 5.62. The SMILES string of the molecule is Cc1nc(CCN2CCNC(Cc3ccccc3)C2)no1. The third kappa shape index (κ3) is 4.12. The van der Waals surface area contributed by atoms with Gasteiger partial charge in [-0.3, -0.25) is 0 Å². The largest absolute Gasteiger partial charge is 0.340 e. The van der Waals surface area contributed by atoms with Gasteiger partial charge in [0.15, 0.2) is 5.82 Å². The molecule has 1 aliphatic heterocycles. The number of aryl methyl sites for hydroxylation is 1. The van der Waals surface area contributed by atoms with Gasteiger partial charge in [-0.05, 0) is 12.0 Å². The Morgan fingerprint density at radius 1 is 1.33 bits per heavy atom. The number of piperazine rings is 1. The number of nitrogens with zero attached hydrogens (tertiary/aromatic N) is 3. The first kappa shape index (κ1) is 14.2. The van der Waals surface area contributed by atoms with Gasteiger partial charge in [-0.2, -0.15) is 4.98 Å². The van der Waals surface area contributed by atoms with Crippen molar-refractivity contribution < 1.29 is 4.52 Å². The Labute approximate surface area is 125 Å². The lowest BCUT2D eigenvalue weighted by Crippen LogP contribution is -2.51. The van der Waals surface area contributed by atoms with E-state index < -0.39 is 0 Å². The minimum absolute atomic E-state index is 0.521. The van der Waals surface area contributed by atoms with E-state index in [1.54, 1.807) is 0 Å². The summed E-state index contributed by atoms with van der Waals surface area (Å²) in [5.74, 6) is 1.46. The summed E-state index contributed by atoms with van der Waals surface area (Å²) in [6, 6.07) is 11.2. The summed E-state index contributed by atoms with van der Waals surface area (Å²) in [5.41, 5.74) is 1.39. The van der Waals surface area contributed by atoms with Gasteiger partial charge in [0.1, 0.15) is 0 Å². The lowest BCUT2D eigenvalue weighted by molar-refractivity contribution is 0.199. The molecule has 2 heterocycles. The van der Waals surface area contributed by atoms with Gasteiger partial charge in [0.05, 0.1) is 0 Å². The molecule has 2 aromatic rings. The molecule has 1 aromatic heterocycles. The van der Waals surface area contributed by atoms with Crippen molar-refractivity contribution in [3.8, 4) is 0 Å². The van der Waals surface area contributed by atoms with E-state index in [0.717, 1.165) is 44.8 Å². The lowest BCUT2D eigenvalue weighted by atomic mass is 10.0. The summed E-state index contributed by atoms with van der Waals surface area (Å²) in [4.78, 5) is 6.74. The fourth-order valence-electron chi connectivity index (χ4n) is 2.83. The first-order valence-corrected chi connectivity index (χ1v) is 7.58. The molecule has 5 heteroatoms. The zero-order valence-electron chi connectivity index (χ0n) is 12.5. The molecule has 1 saturated heterocycles. The minimum Gasteiger partial charge on any atom is -0.340 e. The average Bonchev–Trinajstić information content (AvgIpc) is 2.92. The van der Waals surface area contributed by atoms with Crippen molar-refractivity contribution >= 4 is 0 Å². The van der Waals surface area contributed by atoms with Crippen LogP contribution in [-0.2, 0) is 12.8 Å². The average molecular weight is 286 g/mol. The van der Waals surface area contributed by atoms with Gasteiger partial charge in [-0.1, -0.05) is 35.5 Å². The predicted octanol–water partition coefficient (Wildman–Crippen LogP) is 1.44. The summed E-state index contributed by atoms with van der Waals surface area (Å²) in [7, 11) is 0. The predicted molar refractivity (Wildman–Crippen MR) is 81.1 cm³/mol. The van der Waals surface area contributed by atoms with Gasteiger partial charge in [0.25, 0.3) is 0 Å². The number of hydrogen-bond donors (Lipinski definition) is 1. The Bertz CT molecular complexity index is 554. The molecular weight excluding hydrogens is 264 g/mol. The monoisotopic (exact) mass is 286 g/mol. The third-order valence-corrected chi connectivity index (χ3v) is 3.89. The topological polar surface area (TPSA) is 54.2 Å². The fourth-order valence-corrected chi connectivity index (χ4v) is 2.83. The highest BCUT2D eigenvalue weighted by Gasteiger charge is 2.19. The Kier molecular flexibility index (Phi) is 4.62. The van der Waals surface area contributed by atoms with E-state index >= 15 is 0 Å². The van der Waals surface area contributed by atoms with Crippen LogP contribution in [-0.4, -0.2) is 47.3 Å². The van der Waals surface area contributed by atoms with Gasteiger partial charge in [0, 0.05) is 45.6 Å². The van der Waals surface area contributed by atoms with Gasteiger partial charge in [-0.15, -0.1) is 0 Å². The van der Waals surface area contributed by atoms with Crippen LogP contribution in [0.15, 0.2) is 34.9 Å². The molecule has 1 N–H and O–H groups in total. The zero-order valence-corrected chi connectivity index (χ0v) is 12.5. The summed E-state index contributed by atoms with van der Waals surface area (Å²) < 4.78 is 5.01. The van der Waals surface area contributed by atoms with Crippen molar-refractivity contribution in [3.63, 3.8) is 0 Å². The van der Waals surface area contributed by atoms with Gasteiger partial charge >= 0.3 is 0 Å². The number of nitrogens with one attached hydrogen (secondary N) is 1. The van der Waals surface area contributed by atoms with Crippen LogP contribution in [0.5, 0.6) is 0 Å². The fraction of sp³-hybridized carbons (Fsp3) is 0.500. The van der Waals surface area contributed by atoms with Crippen LogP contribution in [0, 0.1) is 6.92 Å². The van der Waals surface area contributed by atoms with E-state index in [9.17, 15) is 0 Å². The van der Waals surface area contributed by atoms with Crippen LogP contribution in [0.4, 0.5) is 0 Å². The second-order valence-electron chi connectivity index (χ2n) is 5.62. The number of aromatic nitrogens is 2. The Hall–Kier alpha value is -1.72. The van der Waals surface area contributed by atoms with Crippen LogP contribution < -0.4 is 5.32 Å². The van der Waals surface area contributed by atoms with Crippen molar-refractivity contribution in [1.29, 1.82) is 0 Å². The molecule has 0 bridgehead atoms. The van der Waals surface area contributed by atoms with Crippen molar-refractivity contribution in [2.24, 2.45) is 0 Å². The van der Waals surface area contributed by atoms with E-state index in [2.05, 4.69) is 50.7 Å². The Morgan fingerprint density at radius 3 is 2.95 bits per heavy atom. The van der Waals surface area contributed by atoms with Crippen LogP contribution in [0.3, 0.4) is 0 Å². The molecule has 0 radical (unpaired) electrons. The number of benzene rings is 1. The van der Waals surface area contributed by atoms with Crippen molar-refractivity contribution in [2.75, 3.05) is 26.2 Å². The number of hydrogen-bond acceptors (Lipinski definition) is 5. The maximum atomic E-state index is 5.01. The van der Waals surface area contributed by atoms with Gasteiger partial charge < -0.3 is 14.7 Å². The molecule has 112 valence electrons. The normalized spacial score (nSPS) is 19.8. The molecular formula is C16H22N4O. The lowest BCUT2D eigenvalue weighted by Gasteiger charge is -2.33. The number of rotatable bonds is 5. The molecule has 1 unspecified atom stereocenters. The summed E-state index contributed by atoms with van der Waals surface area (Å²) in [6.45, 7) is 6.03. The van der Waals surface area contributed by atoms with E-state index in [0.29, 0.717) is 11.9 Å². The van der Waals surface area contributed by atoms with E-state index in [1.807, 2.05) is 6.92 Å². The summed E-state index contributed by atoms with van der Waals surface area (Å²) in [5, 5.41) is 7.57. The van der Waals surface area contributed by atoms with E-state index in [-0.39, 0.29) is 0 Å². The Balaban J connectivity index is 1.49. The Morgan fingerprint density at radius 2 is 2.19 bits per heavy atom. The molecule has 0 spiro atoms. The van der Waals surface area contributed by atoms with Gasteiger partial charge in [0.2, 0.25) is 5.89 Å². The first-order chi connectivity index (χ1) is 10.3. The maximum absolute atomic E-state index is 5.01. The molecule has 1 atom stereocenters. The van der Waals surface area contributed by atoms with Crippen LogP contribution in [0.2, 0.25) is 0 Å². The molecule has 0 aliphatic carbocycles. The zero-order chi connectivity index (χ0) is 14.5. The minimum atomic E-state index is 0.521.